The minimum atomic E-state index is -0.750. The molecule has 2 aromatic rings. The Hall–Kier alpha value is -3.04. The average Bonchev–Trinajstić information content (AvgIpc) is 3.30. The molecule has 5 rings (SSSR count). The zero-order valence-electron chi connectivity index (χ0n) is 17.8. The Morgan fingerprint density at radius 1 is 1.00 bits per heavy atom. The van der Waals surface area contributed by atoms with E-state index in [1.807, 2.05) is 17.4 Å². The van der Waals surface area contributed by atoms with Gasteiger partial charge < -0.3 is 0 Å². The quantitative estimate of drug-likeness (QED) is 0.721. The number of carbonyl (C=O) groups is 4. The second-order valence-corrected chi connectivity index (χ2v) is 9.49. The van der Waals surface area contributed by atoms with Gasteiger partial charge in [0.2, 0.25) is 5.91 Å². The molecule has 0 unspecified atom stereocenters. The number of amides is 5. The number of piperidine rings is 1. The van der Waals surface area contributed by atoms with Crippen LogP contribution in [-0.2, 0) is 11.3 Å². The molecule has 0 spiro atoms. The Bertz CT molecular complexity index is 1120. The van der Waals surface area contributed by atoms with Crippen molar-refractivity contribution in [1.29, 1.82) is 0 Å². The molecule has 1 N–H and O–H groups in total. The van der Waals surface area contributed by atoms with Crippen LogP contribution in [0.15, 0.2) is 29.6 Å². The van der Waals surface area contributed by atoms with E-state index in [4.69, 9.17) is 0 Å². The maximum Gasteiger partial charge on any atom is 0.343 e. The number of hydrogen-bond acceptors (Lipinski definition) is 6. The molecular weight excluding hydrogens is 428 g/mol. The summed E-state index contributed by atoms with van der Waals surface area (Å²) in [5, 5.41) is 6.18. The highest BCUT2D eigenvalue weighted by Crippen LogP contribution is 2.34. The predicted molar refractivity (Wildman–Crippen MR) is 118 cm³/mol. The van der Waals surface area contributed by atoms with Crippen molar-refractivity contribution in [3.63, 3.8) is 0 Å². The molecule has 0 atom stereocenters. The molecule has 5 amide bonds. The SMILES string of the molecule is Cc1ccsc1C1CCN(Cc2ccc3c(c2)C(=O)N(N2CCC(=O)NC2=O)C3=O)CC1. The first-order valence-electron chi connectivity index (χ1n) is 10.8. The smallest absolute Gasteiger partial charge is 0.299 e. The van der Waals surface area contributed by atoms with Crippen LogP contribution >= 0.6 is 11.3 Å². The number of benzene rings is 1. The molecule has 3 aliphatic rings. The molecule has 0 saturated carbocycles. The summed E-state index contributed by atoms with van der Waals surface area (Å²) < 4.78 is 0. The Labute approximate surface area is 189 Å². The molecule has 9 heteroatoms. The summed E-state index contributed by atoms with van der Waals surface area (Å²) in [7, 11) is 0. The van der Waals surface area contributed by atoms with E-state index < -0.39 is 23.8 Å². The van der Waals surface area contributed by atoms with Gasteiger partial charge >= 0.3 is 6.03 Å². The zero-order chi connectivity index (χ0) is 22.4. The largest absolute Gasteiger partial charge is 0.343 e. The maximum atomic E-state index is 13.0. The molecule has 0 radical (unpaired) electrons. The van der Waals surface area contributed by atoms with E-state index in [0.717, 1.165) is 41.5 Å². The summed E-state index contributed by atoms with van der Waals surface area (Å²) in [6, 6.07) is 6.74. The van der Waals surface area contributed by atoms with Gasteiger partial charge in [0.25, 0.3) is 11.8 Å². The van der Waals surface area contributed by atoms with Crippen LogP contribution in [0.2, 0.25) is 0 Å². The lowest BCUT2D eigenvalue weighted by atomic mass is 9.93. The van der Waals surface area contributed by atoms with Crippen LogP contribution in [0.4, 0.5) is 4.79 Å². The number of likely N-dealkylation sites (tertiary alicyclic amines) is 1. The molecule has 0 bridgehead atoms. The van der Waals surface area contributed by atoms with E-state index in [0.29, 0.717) is 18.0 Å². The minimum absolute atomic E-state index is 0.00164. The lowest BCUT2D eigenvalue weighted by Crippen LogP contribution is -2.58. The number of hydrazine groups is 1. The first-order valence-corrected chi connectivity index (χ1v) is 11.7. The summed E-state index contributed by atoms with van der Waals surface area (Å²) in [5.74, 6) is -0.860. The van der Waals surface area contributed by atoms with Crippen molar-refractivity contribution >= 4 is 35.1 Å². The molecule has 3 aliphatic heterocycles. The fourth-order valence-corrected chi connectivity index (χ4v) is 5.85. The number of nitrogens with zero attached hydrogens (tertiary/aromatic N) is 3. The highest BCUT2D eigenvalue weighted by molar-refractivity contribution is 7.10. The summed E-state index contributed by atoms with van der Waals surface area (Å²) in [4.78, 5) is 53.2. The summed E-state index contributed by atoms with van der Waals surface area (Å²) in [6.45, 7) is 4.86. The van der Waals surface area contributed by atoms with Crippen LogP contribution in [0.5, 0.6) is 0 Å². The van der Waals surface area contributed by atoms with Crippen LogP contribution in [-0.4, -0.2) is 58.3 Å². The number of hydrogen-bond donors (Lipinski definition) is 1. The van der Waals surface area contributed by atoms with Gasteiger partial charge in [-0.3, -0.25) is 24.6 Å². The number of rotatable bonds is 4. The highest BCUT2D eigenvalue weighted by atomic mass is 32.1. The minimum Gasteiger partial charge on any atom is -0.299 e. The van der Waals surface area contributed by atoms with Crippen molar-refractivity contribution in [1.82, 2.24) is 20.2 Å². The van der Waals surface area contributed by atoms with Gasteiger partial charge in [-0.15, -0.1) is 11.3 Å². The molecule has 0 aliphatic carbocycles. The molecular formula is C23H24N4O4S. The molecule has 4 heterocycles. The van der Waals surface area contributed by atoms with E-state index >= 15 is 0 Å². The van der Waals surface area contributed by atoms with Crippen LogP contribution in [0.25, 0.3) is 0 Å². The number of urea groups is 1. The van der Waals surface area contributed by atoms with E-state index in [1.54, 1.807) is 12.1 Å². The molecule has 32 heavy (non-hydrogen) atoms. The summed E-state index contributed by atoms with van der Waals surface area (Å²) >= 11 is 1.84. The second kappa shape index (κ2) is 8.14. The van der Waals surface area contributed by atoms with Gasteiger partial charge in [0.05, 0.1) is 17.7 Å². The average molecular weight is 453 g/mol. The van der Waals surface area contributed by atoms with E-state index in [-0.39, 0.29) is 18.5 Å². The molecule has 1 aromatic heterocycles. The lowest BCUT2D eigenvalue weighted by Gasteiger charge is -2.32. The van der Waals surface area contributed by atoms with Gasteiger partial charge in [-0.2, -0.15) is 5.01 Å². The number of thiophene rings is 1. The van der Waals surface area contributed by atoms with E-state index in [1.165, 1.54) is 10.4 Å². The Balaban J connectivity index is 1.27. The van der Waals surface area contributed by atoms with Gasteiger partial charge in [0.1, 0.15) is 0 Å². The first kappa shape index (κ1) is 20.8. The van der Waals surface area contributed by atoms with Crippen LogP contribution < -0.4 is 5.32 Å². The standard InChI is InChI=1S/C23H24N4O4S/c1-14-7-11-32-20(14)16-4-8-25(9-5-16)13-15-2-3-17-18(12-15)22(30)27(21(17)29)26-10-6-19(28)24-23(26)31/h2-3,7,11-12,16H,4-6,8-10,13H2,1H3,(H,24,28,31). The first-order chi connectivity index (χ1) is 15.4. The molecule has 8 nitrogen and oxygen atoms in total. The zero-order valence-corrected chi connectivity index (χ0v) is 18.6. The van der Waals surface area contributed by atoms with Gasteiger partial charge in [0, 0.05) is 17.8 Å². The maximum absolute atomic E-state index is 13.0. The number of fused-ring (bicyclic) bond motifs is 1. The van der Waals surface area contributed by atoms with Crippen LogP contribution in [0.1, 0.15) is 61.9 Å². The van der Waals surface area contributed by atoms with Crippen LogP contribution in [0, 0.1) is 6.92 Å². The van der Waals surface area contributed by atoms with E-state index in [9.17, 15) is 19.2 Å². The Morgan fingerprint density at radius 3 is 2.44 bits per heavy atom. The lowest BCUT2D eigenvalue weighted by molar-refractivity contribution is -0.122. The van der Waals surface area contributed by atoms with E-state index in [2.05, 4.69) is 28.6 Å². The third-order valence-corrected chi connectivity index (χ3v) is 7.65. The number of imide groups is 2. The van der Waals surface area contributed by atoms with Gasteiger partial charge in [0.15, 0.2) is 0 Å². The van der Waals surface area contributed by atoms with Crippen molar-refractivity contribution in [2.45, 2.75) is 38.6 Å². The van der Waals surface area contributed by atoms with Gasteiger partial charge in [-0.25, -0.2) is 9.80 Å². The molecule has 2 fully saturated rings. The third kappa shape index (κ3) is 3.61. The van der Waals surface area contributed by atoms with Crippen LogP contribution in [0.3, 0.4) is 0 Å². The molecule has 166 valence electrons. The van der Waals surface area contributed by atoms with Crippen molar-refractivity contribution in [2.75, 3.05) is 19.6 Å². The summed E-state index contributed by atoms with van der Waals surface area (Å²) in [6.07, 6.45) is 2.27. The van der Waals surface area contributed by atoms with Gasteiger partial charge in [-0.05, 0) is 73.5 Å². The van der Waals surface area contributed by atoms with Crippen molar-refractivity contribution in [3.05, 3.63) is 56.8 Å². The third-order valence-electron chi connectivity index (χ3n) is 6.47. The van der Waals surface area contributed by atoms with Gasteiger partial charge in [-0.1, -0.05) is 6.07 Å². The molecule has 1 aromatic carbocycles. The highest BCUT2D eigenvalue weighted by Gasteiger charge is 2.43. The van der Waals surface area contributed by atoms with Crippen molar-refractivity contribution < 1.29 is 19.2 Å². The summed E-state index contributed by atoms with van der Waals surface area (Å²) in [5.41, 5.74) is 2.94. The second-order valence-electron chi connectivity index (χ2n) is 8.55. The number of aryl methyl sites for hydroxylation is 1. The topological polar surface area (TPSA) is 90.0 Å². The fraction of sp³-hybridized carbons (Fsp3) is 0.391. The van der Waals surface area contributed by atoms with Crippen molar-refractivity contribution in [3.8, 4) is 0 Å². The normalized spacial score (nSPS) is 20.2. The Kier molecular flexibility index (Phi) is 5.30. The monoisotopic (exact) mass is 452 g/mol. The molecule has 2 saturated heterocycles. The fourth-order valence-electron chi connectivity index (χ4n) is 4.75. The van der Waals surface area contributed by atoms with Crippen molar-refractivity contribution in [2.24, 2.45) is 0 Å². The predicted octanol–water partition coefficient (Wildman–Crippen LogP) is 2.89. The Morgan fingerprint density at radius 2 is 1.75 bits per heavy atom. The number of nitrogens with one attached hydrogen (secondary N) is 1. The number of carbonyl (C=O) groups excluding carboxylic acids is 4.